The minimum atomic E-state index is -0.137. The van der Waals surface area contributed by atoms with E-state index in [9.17, 15) is 4.79 Å². The fraction of sp³-hybridized carbons (Fsp3) is 0.667. The number of carbonyl (C=O) groups is 1. The Hall–Kier alpha value is -0.680. The molecule has 0 saturated heterocycles. The van der Waals surface area contributed by atoms with Crippen molar-refractivity contribution in [1.29, 1.82) is 0 Å². The van der Waals surface area contributed by atoms with Gasteiger partial charge in [0.25, 0.3) is 5.91 Å². The van der Waals surface area contributed by atoms with Gasteiger partial charge in [-0.15, -0.1) is 16.7 Å². The molecule has 0 aliphatic carbocycles. The smallest absolute Gasteiger partial charge is 0.265 e. The SMILES string of the molecule is Cc1nnsc1C(=O)NC(CCl)C(C)C. The van der Waals surface area contributed by atoms with Gasteiger partial charge in [0.05, 0.1) is 5.69 Å². The summed E-state index contributed by atoms with van der Waals surface area (Å²) in [6.07, 6.45) is 0. The van der Waals surface area contributed by atoms with Gasteiger partial charge in [-0.2, -0.15) is 0 Å². The minimum Gasteiger partial charge on any atom is -0.347 e. The van der Waals surface area contributed by atoms with E-state index in [0.29, 0.717) is 22.4 Å². The molecule has 1 N–H and O–H groups in total. The van der Waals surface area contributed by atoms with Crippen LogP contribution in [0.15, 0.2) is 0 Å². The lowest BCUT2D eigenvalue weighted by Crippen LogP contribution is -2.39. The minimum absolute atomic E-state index is 0.0133. The number of aromatic nitrogens is 2. The van der Waals surface area contributed by atoms with E-state index in [4.69, 9.17) is 11.6 Å². The number of amides is 1. The van der Waals surface area contributed by atoms with Crippen molar-refractivity contribution in [2.24, 2.45) is 5.92 Å². The molecule has 1 aromatic rings. The third kappa shape index (κ3) is 3.14. The van der Waals surface area contributed by atoms with Crippen molar-refractivity contribution in [3.8, 4) is 0 Å². The summed E-state index contributed by atoms with van der Waals surface area (Å²) in [5.74, 6) is 0.587. The fourth-order valence-corrected chi connectivity index (χ4v) is 2.05. The van der Waals surface area contributed by atoms with Gasteiger partial charge < -0.3 is 5.32 Å². The summed E-state index contributed by atoms with van der Waals surface area (Å²) in [4.78, 5) is 12.3. The molecule has 0 aliphatic rings. The Morgan fingerprint density at radius 3 is 2.67 bits per heavy atom. The zero-order valence-corrected chi connectivity index (χ0v) is 10.5. The molecule has 1 rings (SSSR count). The molecule has 0 aromatic carbocycles. The van der Waals surface area contributed by atoms with Gasteiger partial charge in [0, 0.05) is 11.9 Å². The molecular weight excluding hydrogens is 234 g/mol. The lowest BCUT2D eigenvalue weighted by molar-refractivity contribution is 0.0934. The van der Waals surface area contributed by atoms with E-state index in [1.165, 1.54) is 0 Å². The van der Waals surface area contributed by atoms with Crippen molar-refractivity contribution in [3.63, 3.8) is 0 Å². The highest BCUT2D eigenvalue weighted by Crippen LogP contribution is 2.11. The number of hydrogen-bond donors (Lipinski definition) is 1. The highest BCUT2D eigenvalue weighted by molar-refractivity contribution is 7.08. The van der Waals surface area contributed by atoms with E-state index >= 15 is 0 Å². The predicted octanol–water partition coefficient (Wildman–Crippen LogP) is 1.84. The van der Waals surface area contributed by atoms with Gasteiger partial charge in [-0.1, -0.05) is 18.3 Å². The molecule has 0 bridgehead atoms. The number of hydrogen-bond acceptors (Lipinski definition) is 4. The number of alkyl halides is 1. The predicted molar refractivity (Wildman–Crippen MR) is 61.5 cm³/mol. The van der Waals surface area contributed by atoms with Crippen LogP contribution in [0.5, 0.6) is 0 Å². The van der Waals surface area contributed by atoms with E-state index in [2.05, 4.69) is 14.9 Å². The number of aryl methyl sites for hydroxylation is 1. The summed E-state index contributed by atoms with van der Waals surface area (Å²) in [7, 11) is 0. The highest BCUT2D eigenvalue weighted by Gasteiger charge is 2.19. The van der Waals surface area contributed by atoms with Crippen LogP contribution in [0.25, 0.3) is 0 Å². The molecule has 0 spiro atoms. The molecule has 0 radical (unpaired) electrons. The average molecular weight is 248 g/mol. The first-order valence-corrected chi connectivity index (χ1v) is 6.02. The second-order valence-electron chi connectivity index (χ2n) is 3.67. The van der Waals surface area contributed by atoms with E-state index in [1.54, 1.807) is 6.92 Å². The number of nitrogens with zero attached hydrogens (tertiary/aromatic N) is 2. The largest absolute Gasteiger partial charge is 0.347 e. The summed E-state index contributed by atoms with van der Waals surface area (Å²) < 4.78 is 3.72. The molecule has 0 fully saturated rings. The van der Waals surface area contributed by atoms with Crippen LogP contribution in [0.1, 0.15) is 29.2 Å². The standard InChI is InChI=1S/C9H14ClN3OS/c1-5(2)7(4-10)11-9(14)8-6(3)12-13-15-8/h5,7H,4H2,1-3H3,(H,11,14). The zero-order valence-electron chi connectivity index (χ0n) is 8.95. The number of nitrogens with one attached hydrogen (secondary N) is 1. The van der Waals surface area contributed by atoms with Crippen LogP contribution in [-0.4, -0.2) is 27.4 Å². The van der Waals surface area contributed by atoms with Crippen LogP contribution < -0.4 is 5.32 Å². The Labute approximate surface area is 98.2 Å². The van der Waals surface area contributed by atoms with Crippen LogP contribution in [0.3, 0.4) is 0 Å². The molecule has 1 atom stereocenters. The summed E-state index contributed by atoms with van der Waals surface area (Å²) >= 11 is 6.87. The van der Waals surface area contributed by atoms with Crippen molar-refractivity contribution in [1.82, 2.24) is 14.9 Å². The van der Waals surface area contributed by atoms with Crippen molar-refractivity contribution in [2.45, 2.75) is 26.8 Å². The first-order valence-electron chi connectivity index (χ1n) is 4.72. The summed E-state index contributed by atoms with van der Waals surface area (Å²) in [6.45, 7) is 5.81. The molecule has 0 saturated carbocycles. The Bertz CT molecular complexity index is 340. The average Bonchev–Trinajstić information content (AvgIpc) is 2.60. The molecule has 1 heterocycles. The Balaban J connectivity index is 2.67. The number of halogens is 1. The monoisotopic (exact) mass is 247 g/mol. The quantitative estimate of drug-likeness (QED) is 0.826. The Morgan fingerprint density at radius 2 is 2.27 bits per heavy atom. The lowest BCUT2D eigenvalue weighted by atomic mass is 10.1. The second kappa shape index (κ2) is 5.42. The van der Waals surface area contributed by atoms with Gasteiger partial charge in [0.2, 0.25) is 0 Å². The summed E-state index contributed by atoms with van der Waals surface area (Å²) in [6, 6.07) is -0.0133. The van der Waals surface area contributed by atoms with Crippen molar-refractivity contribution in [3.05, 3.63) is 10.6 Å². The third-order valence-electron chi connectivity index (χ3n) is 2.15. The second-order valence-corrected chi connectivity index (χ2v) is 4.73. The topological polar surface area (TPSA) is 54.9 Å². The van der Waals surface area contributed by atoms with E-state index in [-0.39, 0.29) is 11.9 Å². The molecular formula is C9H14ClN3OS. The van der Waals surface area contributed by atoms with E-state index in [0.717, 1.165) is 11.5 Å². The fourth-order valence-electron chi connectivity index (χ4n) is 1.06. The van der Waals surface area contributed by atoms with Gasteiger partial charge >= 0.3 is 0 Å². The zero-order chi connectivity index (χ0) is 11.4. The molecule has 4 nitrogen and oxygen atoms in total. The molecule has 1 amide bonds. The summed E-state index contributed by atoms with van der Waals surface area (Å²) in [5.41, 5.74) is 0.662. The van der Waals surface area contributed by atoms with Gasteiger partial charge in [-0.3, -0.25) is 4.79 Å². The Kier molecular flexibility index (Phi) is 4.47. The van der Waals surface area contributed by atoms with Gasteiger partial charge in [-0.25, -0.2) is 0 Å². The maximum Gasteiger partial charge on any atom is 0.265 e. The number of rotatable bonds is 4. The van der Waals surface area contributed by atoms with Crippen LogP contribution in [0.4, 0.5) is 0 Å². The first-order chi connectivity index (χ1) is 7.06. The Morgan fingerprint density at radius 1 is 1.60 bits per heavy atom. The van der Waals surface area contributed by atoms with Crippen molar-refractivity contribution < 1.29 is 4.79 Å². The summed E-state index contributed by atoms with van der Waals surface area (Å²) in [5, 5.41) is 6.66. The van der Waals surface area contributed by atoms with Crippen molar-refractivity contribution in [2.75, 3.05) is 5.88 Å². The lowest BCUT2D eigenvalue weighted by Gasteiger charge is -2.19. The molecule has 1 aromatic heterocycles. The molecule has 15 heavy (non-hydrogen) atoms. The van der Waals surface area contributed by atoms with Gasteiger partial charge in [0.15, 0.2) is 0 Å². The van der Waals surface area contributed by atoms with Gasteiger partial charge in [0.1, 0.15) is 4.88 Å². The molecule has 6 heteroatoms. The van der Waals surface area contributed by atoms with Crippen LogP contribution in [-0.2, 0) is 0 Å². The molecule has 0 aliphatic heterocycles. The maximum absolute atomic E-state index is 11.8. The molecule has 84 valence electrons. The number of carbonyl (C=O) groups excluding carboxylic acids is 1. The van der Waals surface area contributed by atoms with E-state index < -0.39 is 0 Å². The van der Waals surface area contributed by atoms with Gasteiger partial charge in [-0.05, 0) is 24.4 Å². The molecule has 1 unspecified atom stereocenters. The van der Waals surface area contributed by atoms with Crippen LogP contribution in [0.2, 0.25) is 0 Å². The van der Waals surface area contributed by atoms with E-state index in [1.807, 2.05) is 13.8 Å². The highest BCUT2D eigenvalue weighted by atomic mass is 35.5. The normalized spacial score (nSPS) is 12.9. The van der Waals surface area contributed by atoms with Crippen molar-refractivity contribution >= 4 is 29.0 Å². The van der Waals surface area contributed by atoms with Crippen LogP contribution in [0, 0.1) is 12.8 Å². The maximum atomic E-state index is 11.8. The third-order valence-corrected chi connectivity index (χ3v) is 3.30. The van der Waals surface area contributed by atoms with Crippen LogP contribution >= 0.6 is 23.1 Å². The first kappa shape index (κ1) is 12.4.